The fraction of sp³-hybridized carbons (Fsp3) is 0.385. The Balaban J connectivity index is 2.08. The van der Waals surface area contributed by atoms with Crippen LogP contribution in [0.4, 0.5) is 0 Å². The Morgan fingerprint density at radius 1 is 1.03 bits per heavy atom. The van der Waals surface area contributed by atoms with Gasteiger partial charge < -0.3 is 24.2 Å². The van der Waals surface area contributed by atoms with Gasteiger partial charge in [-0.05, 0) is 48.2 Å². The molecule has 33 heavy (non-hydrogen) atoms. The third-order valence-corrected chi connectivity index (χ3v) is 5.44. The molecule has 0 aromatic heterocycles. The van der Waals surface area contributed by atoms with Gasteiger partial charge in [0.1, 0.15) is 11.5 Å². The molecule has 1 heterocycles. The molecule has 7 heteroatoms. The molecule has 0 radical (unpaired) electrons. The van der Waals surface area contributed by atoms with E-state index in [4.69, 9.17) is 14.2 Å². The zero-order valence-electron chi connectivity index (χ0n) is 19.8. The molecule has 0 spiro atoms. The van der Waals surface area contributed by atoms with Crippen LogP contribution in [0, 0.1) is 5.92 Å². The van der Waals surface area contributed by atoms with Crippen molar-refractivity contribution in [3.8, 4) is 17.2 Å². The third-order valence-electron chi connectivity index (χ3n) is 5.44. The Morgan fingerprint density at radius 3 is 2.27 bits per heavy atom. The number of rotatable bonds is 9. The second kappa shape index (κ2) is 10.4. The van der Waals surface area contributed by atoms with Gasteiger partial charge in [-0.15, -0.1) is 0 Å². The SMILES string of the molecule is CCCN1C(=O)C(=O)/C(=C(\O)c2ccc(OC)c(OC)c2)C1c1ccc(OCC(C)C)cc1. The van der Waals surface area contributed by atoms with Gasteiger partial charge >= 0.3 is 0 Å². The molecule has 1 N–H and O–H groups in total. The molecule has 2 aromatic carbocycles. The summed E-state index contributed by atoms with van der Waals surface area (Å²) in [4.78, 5) is 27.4. The lowest BCUT2D eigenvalue weighted by molar-refractivity contribution is -0.139. The highest BCUT2D eigenvalue weighted by molar-refractivity contribution is 6.46. The van der Waals surface area contributed by atoms with Crippen LogP contribution in [-0.4, -0.2) is 49.1 Å². The summed E-state index contributed by atoms with van der Waals surface area (Å²) in [5, 5.41) is 11.2. The van der Waals surface area contributed by atoms with Crippen LogP contribution in [0.2, 0.25) is 0 Å². The van der Waals surface area contributed by atoms with E-state index in [2.05, 4.69) is 13.8 Å². The summed E-state index contributed by atoms with van der Waals surface area (Å²) in [6.45, 7) is 7.06. The number of hydrogen-bond acceptors (Lipinski definition) is 6. The smallest absolute Gasteiger partial charge is 0.295 e. The molecule has 1 aliphatic rings. The fourth-order valence-electron chi connectivity index (χ4n) is 3.85. The van der Waals surface area contributed by atoms with Crippen molar-refractivity contribution in [1.29, 1.82) is 0 Å². The predicted octanol–water partition coefficient (Wildman–Crippen LogP) is 4.57. The predicted molar refractivity (Wildman–Crippen MR) is 126 cm³/mol. The molecule has 1 amide bonds. The van der Waals surface area contributed by atoms with Crippen LogP contribution >= 0.6 is 0 Å². The summed E-state index contributed by atoms with van der Waals surface area (Å²) in [7, 11) is 3.01. The lowest BCUT2D eigenvalue weighted by atomic mass is 9.95. The maximum absolute atomic E-state index is 13.0. The van der Waals surface area contributed by atoms with Crippen molar-refractivity contribution in [3.05, 3.63) is 59.2 Å². The second-order valence-corrected chi connectivity index (χ2v) is 8.34. The van der Waals surface area contributed by atoms with E-state index >= 15 is 0 Å². The molecular weight excluding hydrogens is 422 g/mol. The van der Waals surface area contributed by atoms with E-state index in [0.29, 0.717) is 48.3 Å². The minimum absolute atomic E-state index is 0.0523. The number of aliphatic hydroxyl groups is 1. The Hall–Kier alpha value is -3.48. The number of amides is 1. The molecule has 1 unspecified atom stereocenters. The maximum Gasteiger partial charge on any atom is 0.295 e. The highest BCUT2D eigenvalue weighted by Crippen LogP contribution is 2.41. The van der Waals surface area contributed by atoms with E-state index in [1.54, 1.807) is 18.2 Å². The second-order valence-electron chi connectivity index (χ2n) is 8.34. The number of likely N-dealkylation sites (tertiary alicyclic amines) is 1. The summed E-state index contributed by atoms with van der Waals surface area (Å²) in [6.07, 6.45) is 0.676. The first-order valence-corrected chi connectivity index (χ1v) is 11.1. The molecule has 1 fully saturated rings. The minimum atomic E-state index is -0.708. The first-order chi connectivity index (χ1) is 15.8. The normalized spacial score (nSPS) is 17.5. The number of aliphatic hydroxyl groups excluding tert-OH is 1. The number of benzene rings is 2. The first-order valence-electron chi connectivity index (χ1n) is 11.1. The number of carbonyl (C=O) groups is 2. The number of ketones is 1. The zero-order chi connectivity index (χ0) is 24.1. The molecule has 2 aromatic rings. The van der Waals surface area contributed by atoms with Gasteiger partial charge in [0.15, 0.2) is 11.5 Å². The van der Waals surface area contributed by atoms with Crippen molar-refractivity contribution in [2.45, 2.75) is 33.2 Å². The molecule has 3 rings (SSSR count). The monoisotopic (exact) mass is 453 g/mol. The van der Waals surface area contributed by atoms with Gasteiger partial charge in [-0.3, -0.25) is 9.59 Å². The van der Waals surface area contributed by atoms with Crippen LogP contribution in [0.5, 0.6) is 17.2 Å². The average molecular weight is 454 g/mol. The Kier molecular flexibility index (Phi) is 7.63. The number of ether oxygens (including phenoxy) is 3. The molecule has 7 nitrogen and oxygen atoms in total. The van der Waals surface area contributed by atoms with E-state index in [9.17, 15) is 14.7 Å². The number of methoxy groups -OCH3 is 2. The van der Waals surface area contributed by atoms with E-state index in [1.165, 1.54) is 19.1 Å². The molecule has 1 saturated heterocycles. The van der Waals surface area contributed by atoms with Crippen LogP contribution in [0.25, 0.3) is 5.76 Å². The van der Waals surface area contributed by atoms with Crippen LogP contribution < -0.4 is 14.2 Å². The molecule has 0 aliphatic carbocycles. The summed E-state index contributed by atoms with van der Waals surface area (Å²) < 4.78 is 16.3. The summed E-state index contributed by atoms with van der Waals surface area (Å²) in [5.74, 6) is 0.423. The first kappa shape index (κ1) is 24.2. The third kappa shape index (κ3) is 4.97. The number of carbonyl (C=O) groups excluding carboxylic acids is 2. The number of hydrogen-bond donors (Lipinski definition) is 1. The number of Topliss-reactive ketones (excluding diaryl/α,β-unsaturated/α-hetero) is 1. The van der Waals surface area contributed by atoms with E-state index in [-0.39, 0.29) is 11.3 Å². The highest BCUT2D eigenvalue weighted by Gasteiger charge is 2.45. The molecular formula is C26H31NO6. The highest BCUT2D eigenvalue weighted by atomic mass is 16.5. The topological polar surface area (TPSA) is 85.3 Å². The van der Waals surface area contributed by atoms with E-state index < -0.39 is 17.7 Å². The summed E-state index contributed by atoms with van der Waals surface area (Å²) in [5.41, 5.74) is 1.14. The van der Waals surface area contributed by atoms with Gasteiger partial charge in [-0.25, -0.2) is 0 Å². The largest absolute Gasteiger partial charge is 0.507 e. The van der Waals surface area contributed by atoms with Gasteiger partial charge in [0.05, 0.1) is 32.4 Å². The Labute approximate surface area is 194 Å². The van der Waals surface area contributed by atoms with Crippen molar-refractivity contribution < 1.29 is 28.9 Å². The molecule has 1 aliphatic heterocycles. The standard InChI is InChI=1S/C26H31NO6/c1-6-13-27-23(17-7-10-19(11-8-17)33-15-16(2)3)22(25(29)26(27)30)24(28)18-9-12-20(31-4)21(14-18)32-5/h7-12,14,16,23,28H,6,13,15H2,1-5H3/b24-22-. The zero-order valence-corrected chi connectivity index (χ0v) is 19.8. The number of nitrogens with zero attached hydrogens (tertiary/aromatic N) is 1. The van der Waals surface area contributed by atoms with Gasteiger partial charge in [0.2, 0.25) is 0 Å². The molecule has 176 valence electrons. The molecule has 0 bridgehead atoms. The van der Waals surface area contributed by atoms with E-state index in [0.717, 1.165) is 5.56 Å². The van der Waals surface area contributed by atoms with Crippen LogP contribution in [0.1, 0.15) is 44.4 Å². The summed E-state index contributed by atoms with van der Waals surface area (Å²) in [6, 6.07) is 11.5. The Morgan fingerprint density at radius 2 is 1.70 bits per heavy atom. The molecule has 1 atom stereocenters. The summed E-state index contributed by atoms with van der Waals surface area (Å²) >= 11 is 0. The van der Waals surface area contributed by atoms with Gasteiger partial charge in [-0.2, -0.15) is 0 Å². The quantitative estimate of drug-likeness (QED) is 0.340. The van der Waals surface area contributed by atoms with Gasteiger partial charge in [0.25, 0.3) is 11.7 Å². The van der Waals surface area contributed by atoms with E-state index in [1.807, 2.05) is 31.2 Å². The lowest BCUT2D eigenvalue weighted by Crippen LogP contribution is -2.30. The van der Waals surface area contributed by atoms with Crippen LogP contribution in [0.15, 0.2) is 48.0 Å². The van der Waals surface area contributed by atoms with Crippen molar-refractivity contribution in [3.63, 3.8) is 0 Å². The average Bonchev–Trinajstić information content (AvgIpc) is 3.07. The van der Waals surface area contributed by atoms with Crippen LogP contribution in [-0.2, 0) is 9.59 Å². The van der Waals surface area contributed by atoms with Crippen molar-refractivity contribution in [2.75, 3.05) is 27.4 Å². The fourth-order valence-corrected chi connectivity index (χ4v) is 3.85. The van der Waals surface area contributed by atoms with Crippen molar-refractivity contribution >= 4 is 17.4 Å². The lowest BCUT2D eigenvalue weighted by Gasteiger charge is -2.25. The van der Waals surface area contributed by atoms with Gasteiger partial charge in [-0.1, -0.05) is 32.9 Å². The Bertz CT molecular complexity index is 1040. The maximum atomic E-state index is 13.0. The minimum Gasteiger partial charge on any atom is -0.507 e. The molecule has 0 saturated carbocycles. The van der Waals surface area contributed by atoms with Crippen molar-refractivity contribution in [2.24, 2.45) is 5.92 Å². The van der Waals surface area contributed by atoms with Crippen molar-refractivity contribution in [1.82, 2.24) is 4.90 Å². The van der Waals surface area contributed by atoms with Gasteiger partial charge in [0, 0.05) is 12.1 Å². The van der Waals surface area contributed by atoms with Crippen LogP contribution in [0.3, 0.4) is 0 Å².